The third kappa shape index (κ3) is 4.09. The fourth-order valence-electron chi connectivity index (χ4n) is 4.08. The van der Waals surface area contributed by atoms with E-state index in [1.807, 2.05) is 0 Å². The van der Waals surface area contributed by atoms with E-state index < -0.39 is 73.9 Å². The Labute approximate surface area is 181 Å². The van der Waals surface area contributed by atoms with Gasteiger partial charge in [0.2, 0.25) is 5.91 Å². The Morgan fingerprint density at radius 1 is 1.31 bits per heavy atom. The SMILES string of the molecule is O=C(C1C(C(F)(F)F)CCc2nn(Cc3ncc(Cl)cc3F)c(=O)n21)N1CCC(F)(F)C1. The molecule has 2 aliphatic rings. The van der Waals surface area contributed by atoms with Crippen LogP contribution in [0.25, 0.3) is 0 Å². The van der Waals surface area contributed by atoms with Crippen molar-refractivity contribution < 1.29 is 31.1 Å². The van der Waals surface area contributed by atoms with Crippen LogP contribution in [0, 0.1) is 11.7 Å². The summed E-state index contributed by atoms with van der Waals surface area (Å²) in [6.45, 7) is -1.96. The van der Waals surface area contributed by atoms with Crippen molar-refractivity contribution in [3.05, 3.63) is 45.1 Å². The third-order valence-corrected chi connectivity index (χ3v) is 5.82. The molecule has 2 aromatic rings. The lowest BCUT2D eigenvalue weighted by Crippen LogP contribution is -2.49. The molecule has 0 radical (unpaired) electrons. The molecular formula is C18H16ClF6N5O2. The number of nitrogens with zero attached hydrogens (tertiary/aromatic N) is 5. The van der Waals surface area contributed by atoms with Gasteiger partial charge in [-0.15, -0.1) is 0 Å². The van der Waals surface area contributed by atoms with Crippen molar-refractivity contribution in [3.63, 3.8) is 0 Å². The van der Waals surface area contributed by atoms with E-state index >= 15 is 0 Å². The predicted molar refractivity (Wildman–Crippen MR) is 97.8 cm³/mol. The van der Waals surface area contributed by atoms with E-state index in [1.54, 1.807) is 0 Å². The number of rotatable bonds is 3. The average Bonchev–Trinajstić information content (AvgIpc) is 3.21. The van der Waals surface area contributed by atoms with Crippen LogP contribution in [0.4, 0.5) is 26.3 Å². The lowest BCUT2D eigenvalue weighted by atomic mass is 9.89. The molecule has 2 aromatic heterocycles. The van der Waals surface area contributed by atoms with Gasteiger partial charge in [-0.3, -0.25) is 14.3 Å². The molecule has 32 heavy (non-hydrogen) atoms. The van der Waals surface area contributed by atoms with Crippen molar-refractivity contribution in [2.24, 2.45) is 5.92 Å². The van der Waals surface area contributed by atoms with Gasteiger partial charge in [0.25, 0.3) is 5.92 Å². The van der Waals surface area contributed by atoms with E-state index in [9.17, 15) is 35.9 Å². The third-order valence-electron chi connectivity index (χ3n) is 5.62. The molecule has 2 unspecified atom stereocenters. The number of likely N-dealkylation sites (tertiary alicyclic amines) is 1. The van der Waals surface area contributed by atoms with Gasteiger partial charge in [0, 0.05) is 25.6 Å². The van der Waals surface area contributed by atoms with E-state index in [-0.39, 0.29) is 23.0 Å². The smallest absolute Gasteiger partial charge is 0.335 e. The van der Waals surface area contributed by atoms with E-state index in [0.29, 0.717) is 14.1 Å². The van der Waals surface area contributed by atoms with Gasteiger partial charge in [0.15, 0.2) is 0 Å². The van der Waals surface area contributed by atoms with Gasteiger partial charge in [0.05, 0.1) is 29.7 Å². The summed E-state index contributed by atoms with van der Waals surface area (Å²) >= 11 is 5.64. The molecule has 0 aliphatic carbocycles. The summed E-state index contributed by atoms with van der Waals surface area (Å²) < 4.78 is 83.7. The van der Waals surface area contributed by atoms with Gasteiger partial charge >= 0.3 is 11.9 Å². The number of fused-ring (bicyclic) bond motifs is 1. The number of amides is 1. The van der Waals surface area contributed by atoms with Crippen LogP contribution in [0.15, 0.2) is 17.1 Å². The minimum Gasteiger partial charge on any atom is -0.335 e. The average molecular weight is 484 g/mol. The highest BCUT2D eigenvalue weighted by atomic mass is 35.5. The molecule has 0 spiro atoms. The summed E-state index contributed by atoms with van der Waals surface area (Å²) in [5, 5.41) is 3.96. The highest BCUT2D eigenvalue weighted by Crippen LogP contribution is 2.42. The first kappa shape index (κ1) is 22.6. The molecule has 0 bridgehead atoms. The summed E-state index contributed by atoms with van der Waals surface area (Å²) in [4.78, 5) is 30.2. The largest absolute Gasteiger partial charge is 0.394 e. The fourth-order valence-corrected chi connectivity index (χ4v) is 4.22. The number of carbonyl (C=O) groups is 1. The second-order valence-electron chi connectivity index (χ2n) is 7.81. The zero-order chi connectivity index (χ0) is 23.4. The fraction of sp³-hybridized carbons (Fsp3) is 0.556. The quantitative estimate of drug-likeness (QED) is 0.629. The van der Waals surface area contributed by atoms with Crippen molar-refractivity contribution in [3.8, 4) is 0 Å². The van der Waals surface area contributed by atoms with Crippen molar-refractivity contribution in [1.82, 2.24) is 24.2 Å². The Kier molecular flexibility index (Phi) is 5.50. The van der Waals surface area contributed by atoms with E-state index in [2.05, 4.69) is 10.1 Å². The maximum absolute atomic E-state index is 14.1. The number of carbonyl (C=O) groups excluding carboxylic acids is 1. The Balaban J connectivity index is 1.74. The molecular weight excluding hydrogens is 468 g/mol. The molecule has 0 N–H and O–H groups in total. The Hall–Kier alpha value is -2.57. The molecule has 1 saturated heterocycles. The van der Waals surface area contributed by atoms with Crippen molar-refractivity contribution in [2.45, 2.75) is 43.9 Å². The van der Waals surface area contributed by atoms with Gasteiger partial charge in [-0.05, 0) is 12.5 Å². The minimum absolute atomic E-state index is 0.00354. The normalized spacial score (nSPS) is 22.8. The molecule has 1 amide bonds. The predicted octanol–water partition coefficient (Wildman–Crippen LogP) is 2.81. The first-order valence-electron chi connectivity index (χ1n) is 9.59. The van der Waals surface area contributed by atoms with Crippen molar-refractivity contribution in [1.29, 1.82) is 0 Å². The molecule has 1 fully saturated rings. The van der Waals surface area contributed by atoms with Crippen LogP contribution in [-0.2, 0) is 17.8 Å². The number of pyridine rings is 1. The molecule has 174 valence electrons. The second kappa shape index (κ2) is 7.78. The van der Waals surface area contributed by atoms with Crippen LogP contribution >= 0.6 is 11.6 Å². The van der Waals surface area contributed by atoms with Gasteiger partial charge in [-0.25, -0.2) is 22.6 Å². The van der Waals surface area contributed by atoms with Gasteiger partial charge < -0.3 is 4.90 Å². The molecule has 0 aromatic carbocycles. The monoisotopic (exact) mass is 483 g/mol. The van der Waals surface area contributed by atoms with Gasteiger partial charge in [-0.1, -0.05) is 11.6 Å². The first-order chi connectivity index (χ1) is 14.9. The summed E-state index contributed by atoms with van der Waals surface area (Å²) in [5.74, 6) is -7.65. The number of halogens is 7. The summed E-state index contributed by atoms with van der Waals surface area (Å²) in [5.41, 5.74) is -1.32. The number of aromatic nitrogens is 4. The summed E-state index contributed by atoms with van der Waals surface area (Å²) in [6, 6.07) is -1.12. The first-order valence-corrected chi connectivity index (χ1v) is 9.96. The molecule has 2 aliphatic heterocycles. The lowest BCUT2D eigenvalue weighted by Gasteiger charge is -2.34. The number of hydrogen-bond donors (Lipinski definition) is 0. The second-order valence-corrected chi connectivity index (χ2v) is 8.24. The van der Waals surface area contributed by atoms with Crippen LogP contribution in [0.2, 0.25) is 5.02 Å². The number of alkyl halides is 5. The topological polar surface area (TPSA) is 73.0 Å². The maximum Gasteiger partial charge on any atom is 0.394 e. The Morgan fingerprint density at radius 3 is 2.62 bits per heavy atom. The molecule has 4 heterocycles. The van der Waals surface area contributed by atoms with Crippen LogP contribution in [-0.4, -0.2) is 55.3 Å². The molecule has 14 heteroatoms. The highest BCUT2D eigenvalue weighted by Gasteiger charge is 2.54. The van der Waals surface area contributed by atoms with E-state index in [4.69, 9.17) is 11.6 Å². The molecule has 7 nitrogen and oxygen atoms in total. The Bertz CT molecular complexity index is 1110. The number of aryl methyl sites for hydroxylation is 1. The summed E-state index contributed by atoms with van der Waals surface area (Å²) in [6.07, 6.45) is -5.23. The van der Waals surface area contributed by atoms with Crippen LogP contribution in [0.5, 0.6) is 0 Å². The summed E-state index contributed by atoms with van der Waals surface area (Å²) in [7, 11) is 0. The maximum atomic E-state index is 14.1. The molecule has 4 rings (SSSR count). The van der Waals surface area contributed by atoms with Crippen LogP contribution in [0.1, 0.15) is 30.4 Å². The van der Waals surface area contributed by atoms with Crippen molar-refractivity contribution in [2.75, 3.05) is 13.1 Å². The van der Waals surface area contributed by atoms with Gasteiger partial charge in [-0.2, -0.15) is 18.3 Å². The zero-order valence-electron chi connectivity index (χ0n) is 16.3. The van der Waals surface area contributed by atoms with E-state index in [1.165, 1.54) is 0 Å². The highest BCUT2D eigenvalue weighted by molar-refractivity contribution is 6.30. The lowest BCUT2D eigenvalue weighted by molar-refractivity contribution is -0.196. The zero-order valence-corrected chi connectivity index (χ0v) is 17.0. The molecule has 0 saturated carbocycles. The number of hydrogen-bond acceptors (Lipinski definition) is 4. The van der Waals surface area contributed by atoms with E-state index in [0.717, 1.165) is 12.3 Å². The van der Waals surface area contributed by atoms with Crippen LogP contribution in [0.3, 0.4) is 0 Å². The molecule has 2 atom stereocenters. The van der Waals surface area contributed by atoms with Crippen molar-refractivity contribution >= 4 is 17.5 Å². The Morgan fingerprint density at radius 2 is 2.03 bits per heavy atom. The standard InChI is InChI=1S/C18H16ClF6N5O2/c19-9-5-11(20)12(26-6-9)7-29-16(32)30-13(27-29)2-1-10(18(23,24)25)14(30)15(31)28-4-3-17(21,22)8-28/h5-6,10,14H,1-4,7-8H2. The minimum atomic E-state index is -4.86. The van der Waals surface area contributed by atoms with Gasteiger partial charge in [0.1, 0.15) is 17.7 Å². The van der Waals surface area contributed by atoms with Crippen LogP contribution < -0.4 is 5.69 Å².